The molecule has 0 unspecified atom stereocenters. The maximum Gasteiger partial charge on any atom is 0.291 e. The first-order valence-electron chi connectivity index (χ1n) is 9.78. The standard InChI is InChI=1S/C23H22BrN3O4/c1-2-5-21(28)26-17-8-3-6-15(12-17)14-25-22(29)16-7-4-9-18(13-16)27-23(30)19-10-11-20(24)31-19/h3-4,6-13H,2,5,14H2,1H3,(H,25,29)(H,26,28)(H,27,30). The quantitative estimate of drug-likeness (QED) is 0.421. The van der Waals surface area contributed by atoms with Crippen molar-refractivity contribution in [1.29, 1.82) is 0 Å². The SMILES string of the molecule is CCCC(=O)Nc1cccc(CNC(=O)c2cccc(NC(=O)c3ccc(Br)o3)c2)c1. The summed E-state index contributed by atoms with van der Waals surface area (Å²) >= 11 is 3.16. The molecule has 7 nitrogen and oxygen atoms in total. The lowest BCUT2D eigenvalue weighted by molar-refractivity contribution is -0.116. The number of benzene rings is 2. The molecule has 3 N–H and O–H groups in total. The normalized spacial score (nSPS) is 10.4. The van der Waals surface area contributed by atoms with Gasteiger partial charge in [0.25, 0.3) is 11.8 Å². The van der Waals surface area contributed by atoms with E-state index in [9.17, 15) is 14.4 Å². The molecular formula is C23H22BrN3O4. The molecule has 1 aromatic heterocycles. The van der Waals surface area contributed by atoms with Crippen molar-refractivity contribution in [2.75, 3.05) is 10.6 Å². The summed E-state index contributed by atoms with van der Waals surface area (Å²) in [6, 6.07) is 17.1. The Hall–Kier alpha value is -3.39. The van der Waals surface area contributed by atoms with Crippen LogP contribution in [-0.2, 0) is 11.3 Å². The second kappa shape index (κ2) is 10.6. The van der Waals surface area contributed by atoms with Gasteiger partial charge in [-0.1, -0.05) is 25.1 Å². The molecule has 0 aliphatic rings. The molecule has 0 radical (unpaired) electrons. The molecule has 3 rings (SSSR count). The van der Waals surface area contributed by atoms with Gasteiger partial charge in [0.2, 0.25) is 5.91 Å². The van der Waals surface area contributed by atoms with Gasteiger partial charge in [0, 0.05) is 29.9 Å². The molecule has 8 heteroatoms. The van der Waals surface area contributed by atoms with Gasteiger partial charge in [-0.2, -0.15) is 0 Å². The molecule has 0 spiro atoms. The Kier molecular flexibility index (Phi) is 7.61. The van der Waals surface area contributed by atoms with Gasteiger partial charge in [-0.15, -0.1) is 0 Å². The second-order valence-corrected chi connectivity index (χ2v) is 7.60. The van der Waals surface area contributed by atoms with Gasteiger partial charge in [0.1, 0.15) is 0 Å². The molecule has 160 valence electrons. The third kappa shape index (κ3) is 6.55. The van der Waals surface area contributed by atoms with Crippen molar-refractivity contribution >= 4 is 45.0 Å². The monoisotopic (exact) mass is 483 g/mol. The van der Waals surface area contributed by atoms with Crippen molar-refractivity contribution in [2.45, 2.75) is 26.3 Å². The predicted octanol–water partition coefficient (Wildman–Crippen LogP) is 4.96. The summed E-state index contributed by atoms with van der Waals surface area (Å²) in [5.74, 6) is -0.570. The van der Waals surface area contributed by atoms with Crippen molar-refractivity contribution in [3.05, 3.63) is 82.2 Å². The molecule has 0 aliphatic carbocycles. The van der Waals surface area contributed by atoms with Crippen LogP contribution in [0.3, 0.4) is 0 Å². The number of amides is 3. The van der Waals surface area contributed by atoms with Crippen LogP contribution < -0.4 is 16.0 Å². The number of carbonyl (C=O) groups excluding carboxylic acids is 3. The van der Waals surface area contributed by atoms with Crippen molar-refractivity contribution in [3.63, 3.8) is 0 Å². The van der Waals surface area contributed by atoms with E-state index in [1.165, 1.54) is 0 Å². The Labute approximate surface area is 188 Å². The number of carbonyl (C=O) groups is 3. The van der Waals surface area contributed by atoms with Crippen LogP contribution in [-0.4, -0.2) is 17.7 Å². The Morgan fingerprint density at radius 3 is 2.35 bits per heavy atom. The van der Waals surface area contributed by atoms with Crippen molar-refractivity contribution in [2.24, 2.45) is 0 Å². The first-order valence-corrected chi connectivity index (χ1v) is 10.6. The second-order valence-electron chi connectivity index (χ2n) is 6.82. The molecule has 0 saturated heterocycles. The topological polar surface area (TPSA) is 100 Å². The molecule has 1 heterocycles. The minimum absolute atomic E-state index is 0.0375. The largest absolute Gasteiger partial charge is 0.444 e. The van der Waals surface area contributed by atoms with E-state index < -0.39 is 5.91 Å². The summed E-state index contributed by atoms with van der Waals surface area (Å²) in [6.07, 6.45) is 1.24. The van der Waals surface area contributed by atoms with Crippen LogP contribution in [0.4, 0.5) is 11.4 Å². The first-order chi connectivity index (χ1) is 14.9. The number of hydrogen-bond acceptors (Lipinski definition) is 4. The number of halogens is 1. The third-order valence-corrected chi connectivity index (χ3v) is 4.75. The van der Waals surface area contributed by atoms with Gasteiger partial charge in [0.15, 0.2) is 10.4 Å². The van der Waals surface area contributed by atoms with Gasteiger partial charge in [-0.25, -0.2) is 0 Å². The lowest BCUT2D eigenvalue weighted by atomic mass is 10.1. The van der Waals surface area contributed by atoms with Crippen LogP contribution in [0.2, 0.25) is 0 Å². The maximum atomic E-state index is 12.6. The Bertz CT molecular complexity index is 1090. The molecule has 3 aromatic rings. The Balaban J connectivity index is 1.59. The van der Waals surface area contributed by atoms with E-state index in [-0.39, 0.29) is 17.6 Å². The minimum atomic E-state index is -0.412. The molecule has 0 bridgehead atoms. The van der Waals surface area contributed by atoms with E-state index in [0.717, 1.165) is 12.0 Å². The Morgan fingerprint density at radius 1 is 0.903 bits per heavy atom. The van der Waals surface area contributed by atoms with Crippen LogP contribution in [0.15, 0.2) is 69.8 Å². The van der Waals surface area contributed by atoms with E-state index in [1.807, 2.05) is 31.2 Å². The van der Waals surface area contributed by atoms with Gasteiger partial charge in [0.05, 0.1) is 0 Å². The molecule has 2 aromatic carbocycles. The zero-order valence-electron chi connectivity index (χ0n) is 16.9. The molecule has 0 saturated carbocycles. The number of furan rings is 1. The highest BCUT2D eigenvalue weighted by Crippen LogP contribution is 2.17. The van der Waals surface area contributed by atoms with Crippen LogP contribution in [0.5, 0.6) is 0 Å². The fourth-order valence-electron chi connectivity index (χ4n) is 2.86. The van der Waals surface area contributed by atoms with Gasteiger partial charge in [-0.3, -0.25) is 14.4 Å². The summed E-state index contributed by atoms with van der Waals surface area (Å²) in [7, 11) is 0. The molecule has 0 fully saturated rings. The summed E-state index contributed by atoms with van der Waals surface area (Å²) in [6.45, 7) is 2.25. The number of nitrogens with one attached hydrogen (secondary N) is 3. The highest BCUT2D eigenvalue weighted by Gasteiger charge is 2.12. The van der Waals surface area contributed by atoms with E-state index in [1.54, 1.807) is 36.4 Å². The molecule has 31 heavy (non-hydrogen) atoms. The lowest BCUT2D eigenvalue weighted by Gasteiger charge is -2.10. The average Bonchev–Trinajstić information content (AvgIpc) is 3.19. The zero-order valence-corrected chi connectivity index (χ0v) is 18.5. The average molecular weight is 484 g/mol. The third-order valence-electron chi connectivity index (χ3n) is 4.32. The highest BCUT2D eigenvalue weighted by atomic mass is 79.9. The zero-order chi connectivity index (χ0) is 22.2. The number of rotatable bonds is 8. The lowest BCUT2D eigenvalue weighted by Crippen LogP contribution is -2.23. The summed E-state index contributed by atoms with van der Waals surface area (Å²) in [5, 5.41) is 8.39. The Morgan fingerprint density at radius 2 is 1.65 bits per heavy atom. The van der Waals surface area contributed by atoms with Crippen molar-refractivity contribution in [3.8, 4) is 0 Å². The number of anilines is 2. The summed E-state index contributed by atoms with van der Waals surface area (Å²) < 4.78 is 5.69. The fraction of sp³-hybridized carbons (Fsp3) is 0.174. The van der Waals surface area contributed by atoms with Crippen molar-refractivity contribution in [1.82, 2.24) is 5.32 Å². The van der Waals surface area contributed by atoms with Crippen LogP contribution in [0.25, 0.3) is 0 Å². The number of hydrogen-bond donors (Lipinski definition) is 3. The molecule has 0 aliphatic heterocycles. The smallest absolute Gasteiger partial charge is 0.291 e. The van der Waals surface area contributed by atoms with Gasteiger partial charge in [-0.05, 0) is 70.4 Å². The summed E-state index contributed by atoms with van der Waals surface area (Å²) in [4.78, 5) is 36.5. The van der Waals surface area contributed by atoms with Gasteiger partial charge >= 0.3 is 0 Å². The van der Waals surface area contributed by atoms with E-state index in [4.69, 9.17) is 4.42 Å². The highest BCUT2D eigenvalue weighted by molar-refractivity contribution is 9.10. The van der Waals surface area contributed by atoms with E-state index in [2.05, 4.69) is 31.9 Å². The molecular weight excluding hydrogens is 462 g/mol. The molecule has 0 atom stereocenters. The predicted molar refractivity (Wildman–Crippen MR) is 122 cm³/mol. The van der Waals surface area contributed by atoms with Crippen LogP contribution in [0.1, 0.15) is 46.2 Å². The van der Waals surface area contributed by atoms with Crippen LogP contribution >= 0.6 is 15.9 Å². The van der Waals surface area contributed by atoms with Crippen LogP contribution in [0, 0.1) is 0 Å². The first kappa shape index (κ1) is 22.3. The van der Waals surface area contributed by atoms with E-state index >= 15 is 0 Å². The molecule has 3 amide bonds. The fourth-order valence-corrected chi connectivity index (χ4v) is 3.17. The van der Waals surface area contributed by atoms with E-state index in [0.29, 0.717) is 34.6 Å². The van der Waals surface area contributed by atoms with Gasteiger partial charge < -0.3 is 20.4 Å². The van der Waals surface area contributed by atoms with Crippen molar-refractivity contribution < 1.29 is 18.8 Å². The summed E-state index contributed by atoms with van der Waals surface area (Å²) in [5.41, 5.74) is 2.44. The maximum absolute atomic E-state index is 12.6. The minimum Gasteiger partial charge on any atom is -0.444 e.